The first kappa shape index (κ1) is 15.1. The number of sulfonamides is 1. The minimum absolute atomic E-state index is 0.0511. The molecule has 0 saturated carbocycles. The van der Waals surface area contributed by atoms with Crippen LogP contribution in [0.2, 0.25) is 0 Å². The molecule has 0 aliphatic carbocycles. The van der Waals surface area contributed by atoms with Gasteiger partial charge in [0.25, 0.3) is 10.0 Å². The van der Waals surface area contributed by atoms with Gasteiger partial charge in [0.1, 0.15) is 0 Å². The highest BCUT2D eigenvalue weighted by Gasteiger charge is 2.22. The number of hydrogen-bond donors (Lipinski definition) is 3. The predicted molar refractivity (Wildman–Crippen MR) is 65.5 cm³/mol. The van der Waals surface area contributed by atoms with Gasteiger partial charge < -0.3 is 9.84 Å². The van der Waals surface area contributed by atoms with E-state index in [0.717, 1.165) is 0 Å². The smallest absolute Gasteiger partial charge is 0.260 e. The van der Waals surface area contributed by atoms with Crippen LogP contribution >= 0.6 is 0 Å². The van der Waals surface area contributed by atoms with E-state index in [1.807, 2.05) is 13.8 Å². The molecule has 0 radical (unpaired) electrons. The molecule has 0 fully saturated rings. The highest BCUT2D eigenvalue weighted by atomic mass is 32.2. The maximum atomic E-state index is 11.9. The van der Waals surface area contributed by atoms with E-state index in [-0.39, 0.29) is 36.5 Å². The molecule has 0 unspecified atom stereocenters. The van der Waals surface area contributed by atoms with Crippen molar-refractivity contribution < 1.29 is 18.3 Å². The van der Waals surface area contributed by atoms with Crippen LogP contribution in [0.3, 0.4) is 0 Å². The lowest BCUT2D eigenvalue weighted by Crippen LogP contribution is -2.29. The van der Waals surface area contributed by atoms with Crippen molar-refractivity contribution in [2.75, 3.05) is 13.2 Å². The van der Waals surface area contributed by atoms with Crippen LogP contribution in [0.4, 0.5) is 0 Å². The molecule has 0 atom stereocenters. The van der Waals surface area contributed by atoms with Gasteiger partial charge in [0.2, 0.25) is 0 Å². The zero-order chi connectivity index (χ0) is 13.8. The Kier molecular flexibility index (Phi) is 5.27. The van der Waals surface area contributed by atoms with E-state index in [1.165, 1.54) is 0 Å². The van der Waals surface area contributed by atoms with Crippen LogP contribution in [-0.4, -0.2) is 43.0 Å². The second-order valence-corrected chi connectivity index (χ2v) is 5.79. The summed E-state index contributed by atoms with van der Waals surface area (Å²) < 4.78 is 31.4. The van der Waals surface area contributed by atoms with Crippen molar-refractivity contribution in [2.24, 2.45) is 0 Å². The Morgan fingerprint density at radius 3 is 2.72 bits per heavy atom. The number of hydrogen-bond acceptors (Lipinski definition) is 5. The van der Waals surface area contributed by atoms with Gasteiger partial charge in [0, 0.05) is 17.8 Å². The van der Waals surface area contributed by atoms with E-state index < -0.39 is 10.0 Å². The summed E-state index contributed by atoms with van der Waals surface area (Å²) in [5.41, 5.74) is 0.823. The third-order valence-corrected chi connectivity index (χ3v) is 3.72. The van der Waals surface area contributed by atoms with E-state index >= 15 is 0 Å². The molecule has 0 spiro atoms. The first-order valence-electron chi connectivity index (χ1n) is 5.64. The molecule has 0 aromatic carbocycles. The van der Waals surface area contributed by atoms with Crippen molar-refractivity contribution in [2.45, 2.75) is 38.5 Å². The maximum absolute atomic E-state index is 11.9. The Morgan fingerprint density at radius 2 is 2.17 bits per heavy atom. The fraction of sp³-hybridized carbons (Fsp3) is 0.700. The van der Waals surface area contributed by atoms with Crippen molar-refractivity contribution >= 4 is 10.0 Å². The third kappa shape index (κ3) is 3.77. The fourth-order valence-electron chi connectivity index (χ4n) is 1.38. The Balaban J connectivity index is 2.68. The molecule has 0 saturated heterocycles. The van der Waals surface area contributed by atoms with E-state index in [4.69, 9.17) is 9.84 Å². The van der Waals surface area contributed by atoms with Crippen LogP contribution in [0.25, 0.3) is 0 Å². The monoisotopic (exact) mass is 277 g/mol. The molecule has 18 heavy (non-hydrogen) atoms. The molecule has 8 heteroatoms. The molecule has 0 aliphatic rings. The lowest BCUT2D eigenvalue weighted by atomic mass is 10.3. The largest absolute Gasteiger partial charge is 0.392 e. The number of H-pyrrole nitrogens is 1. The number of nitrogens with one attached hydrogen (secondary N) is 2. The van der Waals surface area contributed by atoms with Crippen molar-refractivity contribution in [1.29, 1.82) is 0 Å². The molecule has 104 valence electrons. The van der Waals surface area contributed by atoms with Gasteiger partial charge in [-0.1, -0.05) is 0 Å². The maximum Gasteiger partial charge on any atom is 0.260 e. The number of aromatic nitrogens is 2. The SMILES string of the molecule is Cc1[nH]nc(S(=O)(=O)NCCOC(C)C)c1CO. The standard InChI is InChI=1S/C10H19N3O4S/c1-7(2)17-5-4-11-18(15,16)10-9(6-14)8(3)12-13-10/h7,11,14H,4-6H2,1-3H3,(H,12,13). The molecule has 0 aliphatic heterocycles. The molecule has 1 rings (SSSR count). The number of aromatic amines is 1. The second kappa shape index (κ2) is 6.28. The van der Waals surface area contributed by atoms with Crippen LogP contribution in [0.1, 0.15) is 25.1 Å². The predicted octanol–water partition coefficient (Wildman–Crippen LogP) is -0.0863. The zero-order valence-corrected chi connectivity index (χ0v) is 11.5. The summed E-state index contributed by atoms with van der Waals surface area (Å²) in [6.45, 7) is 5.47. The van der Waals surface area contributed by atoms with E-state index in [0.29, 0.717) is 5.69 Å². The summed E-state index contributed by atoms with van der Waals surface area (Å²) in [4.78, 5) is 0. The number of aliphatic hydroxyl groups is 1. The van der Waals surface area contributed by atoms with Gasteiger partial charge in [-0.2, -0.15) is 5.10 Å². The van der Waals surface area contributed by atoms with Crippen LogP contribution in [0, 0.1) is 6.92 Å². The second-order valence-electron chi connectivity index (χ2n) is 4.11. The highest BCUT2D eigenvalue weighted by molar-refractivity contribution is 7.89. The molecule has 3 N–H and O–H groups in total. The quantitative estimate of drug-likeness (QED) is 0.604. The van der Waals surface area contributed by atoms with E-state index in [2.05, 4.69) is 14.9 Å². The molecule has 7 nitrogen and oxygen atoms in total. The minimum atomic E-state index is -3.71. The summed E-state index contributed by atoms with van der Waals surface area (Å²) >= 11 is 0. The van der Waals surface area contributed by atoms with Gasteiger partial charge in [-0.25, -0.2) is 13.1 Å². The topological polar surface area (TPSA) is 104 Å². The molecule has 1 aromatic rings. The number of rotatable bonds is 7. The van der Waals surface area contributed by atoms with Crippen molar-refractivity contribution in [3.63, 3.8) is 0 Å². The summed E-state index contributed by atoms with van der Waals surface area (Å²) in [5, 5.41) is 15.2. The van der Waals surface area contributed by atoms with Crippen molar-refractivity contribution in [3.05, 3.63) is 11.3 Å². The lowest BCUT2D eigenvalue weighted by Gasteiger charge is -2.08. The van der Waals surface area contributed by atoms with E-state index in [1.54, 1.807) is 6.92 Å². The first-order valence-corrected chi connectivity index (χ1v) is 7.12. The van der Waals surface area contributed by atoms with Gasteiger partial charge in [0.05, 0.1) is 19.3 Å². The zero-order valence-electron chi connectivity index (χ0n) is 10.7. The fourth-order valence-corrected chi connectivity index (χ4v) is 2.57. The summed E-state index contributed by atoms with van der Waals surface area (Å²) in [7, 11) is -3.71. The Labute approximate surface area is 107 Å². The van der Waals surface area contributed by atoms with Gasteiger partial charge in [0.15, 0.2) is 5.03 Å². The Bertz CT molecular complexity index is 481. The molecule has 0 bridgehead atoms. The summed E-state index contributed by atoms with van der Waals surface area (Å²) in [6.07, 6.45) is 0.0511. The van der Waals surface area contributed by atoms with Gasteiger partial charge in [-0.15, -0.1) is 0 Å². The van der Waals surface area contributed by atoms with Gasteiger partial charge >= 0.3 is 0 Å². The highest BCUT2D eigenvalue weighted by Crippen LogP contribution is 2.15. The van der Waals surface area contributed by atoms with Crippen molar-refractivity contribution in [3.8, 4) is 0 Å². The third-order valence-electron chi connectivity index (χ3n) is 2.29. The normalized spacial score (nSPS) is 12.3. The lowest BCUT2D eigenvalue weighted by molar-refractivity contribution is 0.0833. The molecule has 0 amide bonds. The van der Waals surface area contributed by atoms with Gasteiger partial charge in [-0.3, -0.25) is 5.10 Å². The van der Waals surface area contributed by atoms with Crippen LogP contribution in [0.5, 0.6) is 0 Å². The molecular formula is C10H19N3O4S. The van der Waals surface area contributed by atoms with Crippen LogP contribution in [0.15, 0.2) is 5.03 Å². The van der Waals surface area contributed by atoms with Gasteiger partial charge in [-0.05, 0) is 20.8 Å². The summed E-state index contributed by atoms with van der Waals surface area (Å²) in [6, 6.07) is 0. The number of aryl methyl sites for hydroxylation is 1. The van der Waals surface area contributed by atoms with E-state index in [9.17, 15) is 8.42 Å². The number of nitrogens with zero attached hydrogens (tertiary/aromatic N) is 1. The minimum Gasteiger partial charge on any atom is -0.392 e. The number of aliphatic hydroxyl groups excluding tert-OH is 1. The summed E-state index contributed by atoms with van der Waals surface area (Å²) in [5.74, 6) is 0. The van der Waals surface area contributed by atoms with Crippen molar-refractivity contribution in [1.82, 2.24) is 14.9 Å². The average molecular weight is 277 g/mol. The molecule has 1 aromatic heterocycles. The Morgan fingerprint density at radius 1 is 1.50 bits per heavy atom. The van der Waals surface area contributed by atoms with Crippen LogP contribution in [-0.2, 0) is 21.4 Å². The molecular weight excluding hydrogens is 258 g/mol. The Hall–Kier alpha value is -0.960. The molecule has 1 heterocycles. The number of ether oxygens (including phenoxy) is 1. The first-order chi connectivity index (χ1) is 8.38. The van der Waals surface area contributed by atoms with Crippen LogP contribution < -0.4 is 4.72 Å². The average Bonchev–Trinajstić information content (AvgIpc) is 2.66.